The van der Waals surface area contributed by atoms with Crippen molar-refractivity contribution in [2.75, 3.05) is 24.7 Å². The topological polar surface area (TPSA) is 142 Å². The van der Waals surface area contributed by atoms with Gasteiger partial charge < -0.3 is 9.47 Å². The van der Waals surface area contributed by atoms with Crippen LogP contribution in [0.3, 0.4) is 0 Å². The number of aliphatic imine (C=N–C) groups is 2. The van der Waals surface area contributed by atoms with E-state index in [4.69, 9.17) is 9.47 Å². The van der Waals surface area contributed by atoms with Crippen molar-refractivity contribution in [3.63, 3.8) is 0 Å². The van der Waals surface area contributed by atoms with Gasteiger partial charge in [-0.25, -0.2) is 9.98 Å². The first-order valence-electron chi connectivity index (χ1n) is 16.4. The average Bonchev–Trinajstić information content (AvgIpc) is 3.67. The van der Waals surface area contributed by atoms with E-state index in [1.807, 2.05) is 86.6 Å². The number of hydrogen-bond donors (Lipinski definition) is 2. The maximum atomic E-state index is 12.6. The van der Waals surface area contributed by atoms with Crippen LogP contribution in [0.4, 0.5) is 11.4 Å². The van der Waals surface area contributed by atoms with Gasteiger partial charge in [0.1, 0.15) is 11.5 Å². The number of aryl methyl sites for hydroxylation is 4. The van der Waals surface area contributed by atoms with E-state index in [0.717, 1.165) is 35.1 Å². The van der Waals surface area contributed by atoms with Crippen LogP contribution in [0, 0.1) is 13.8 Å². The molecule has 0 atom stereocenters. The second kappa shape index (κ2) is 17.1. The standard InChI is InChI=1S/C38H36N6O6S2/c1-25-3-13-29(14-4-25)39-37-43(35(47)23-51-37)41-33(45)21-49-31-17-9-27(10-18-31)7-8-28-11-19-32(20-12-28)50-22-34(46)42-44-36(48)24-52-38(44)40-30-15-5-26(2)6-16-30/h3-6,9-20H,7-8,21-24H2,1-2H3,(H,41,45)(H,42,46). The Morgan fingerprint density at radius 3 is 1.33 bits per heavy atom. The molecule has 0 bridgehead atoms. The van der Waals surface area contributed by atoms with Crippen molar-refractivity contribution in [3.05, 3.63) is 119 Å². The molecule has 2 heterocycles. The molecule has 2 N–H and O–H groups in total. The molecular weight excluding hydrogens is 701 g/mol. The van der Waals surface area contributed by atoms with Crippen molar-refractivity contribution in [2.45, 2.75) is 26.7 Å². The minimum Gasteiger partial charge on any atom is -0.484 e. The molecule has 4 amide bonds. The molecular formula is C38H36N6O6S2. The predicted octanol–water partition coefficient (Wildman–Crippen LogP) is 5.43. The SMILES string of the molecule is Cc1ccc(N=C2SCC(=O)N2NC(=O)COc2ccc(CCc3ccc(OCC(=O)NN4C(=O)CSC4=Nc4ccc(C)cc4)cc3)cc2)cc1. The zero-order valence-electron chi connectivity index (χ0n) is 28.5. The third-order valence-corrected chi connectivity index (χ3v) is 9.66. The molecule has 2 fully saturated rings. The fourth-order valence-electron chi connectivity index (χ4n) is 4.97. The summed E-state index contributed by atoms with van der Waals surface area (Å²) in [6, 6.07) is 30.1. The molecule has 4 aromatic rings. The summed E-state index contributed by atoms with van der Waals surface area (Å²) in [6.07, 6.45) is 1.55. The summed E-state index contributed by atoms with van der Waals surface area (Å²) in [5, 5.41) is 3.16. The maximum Gasteiger partial charge on any atom is 0.276 e. The quantitative estimate of drug-likeness (QED) is 0.185. The molecule has 52 heavy (non-hydrogen) atoms. The second-order valence-corrected chi connectivity index (χ2v) is 13.8. The number of rotatable bonds is 13. The van der Waals surface area contributed by atoms with Crippen LogP contribution >= 0.6 is 23.5 Å². The highest BCUT2D eigenvalue weighted by Crippen LogP contribution is 2.24. The van der Waals surface area contributed by atoms with Gasteiger partial charge in [-0.05, 0) is 86.3 Å². The molecule has 0 aromatic heterocycles. The lowest BCUT2D eigenvalue weighted by atomic mass is 10.0. The first kappa shape index (κ1) is 36.2. The Bertz CT molecular complexity index is 1840. The summed E-state index contributed by atoms with van der Waals surface area (Å²) in [5.41, 5.74) is 11.0. The summed E-state index contributed by atoms with van der Waals surface area (Å²) < 4.78 is 11.3. The number of nitrogens with one attached hydrogen (secondary N) is 2. The number of hydrazine groups is 2. The van der Waals surface area contributed by atoms with E-state index < -0.39 is 11.8 Å². The number of amides is 4. The molecule has 2 aliphatic heterocycles. The van der Waals surface area contributed by atoms with Gasteiger partial charge in [0, 0.05) is 0 Å². The summed E-state index contributed by atoms with van der Waals surface area (Å²) in [4.78, 5) is 58.9. The molecule has 2 aliphatic rings. The molecule has 266 valence electrons. The van der Waals surface area contributed by atoms with Crippen LogP contribution in [-0.4, -0.2) is 68.7 Å². The van der Waals surface area contributed by atoms with Crippen molar-refractivity contribution in [3.8, 4) is 11.5 Å². The molecule has 0 spiro atoms. The van der Waals surface area contributed by atoms with Crippen LogP contribution < -0.4 is 20.3 Å². The van der Waals surface area contributed by atoms with Gasteiger partial charge in [0.05, 0.1) is 22.9 Å². The first-order chi connectivity index (χ1) is 25.2. The predicted molar refractivity (Wildman–Crippen MR) is 203 cm³/mol. The normalized spacial score (nSPS) is 15.7. The number of nitrogens with zero attached hydrogens (tertiary/aromatic N) is 4. The lowest BCUT2D eigenvalue weighted by Crippen LogP contribution is -2.47. The first-order valence-corrected chi connectivity index (χ1v) is 18.4. The van der Waals surface area contributed by atoms with Crippen LogP contribution in [0.2, 0.25) is 0 Å². The molecule has 14 heteroatoms. The third kappa shape index (κ3) is 10.0. The van der Waals surface area contributed by atoms with Gasteiger partial charge in [0.2, 0.25) is 0 Å². The largest absolute Gasteiger partial charge is 0.484 e. The number of thioether (sulfide) groups is 2. The van der Waals surface area contributed by atoms with Crippen LogP contribution in [0.5, 0.6) is 11.5 Å². The molecule has 0 aliphatic carbocycles. The number of benzene rings is 4. The van der Waals surface area contributed by atoms with Crippen molar-refractivity contribution >= 4 is 68.9 Å². The van der Waals surface area contributed by atoms with Gasteiger partial charge in [-0.2, -0.15) is 10.0 Å². The fraction of sp³-hybridized carbons (Fsp3) is 0.211. The van der Waals surface area contributed by atoms with E-state index in [9.17, 15) is 19.2 Å². The average molecular weight is 737 g/mol. The Kier molecular flexibility index (Phi) is 11.9. The van der Waals surface area contributed by atoms with E-state index >= 15 is 0 Å². The number of carbonyl (C=O) groups is 4. The van der Waals surface area contributed by atoms with E-state index in [-0.39, 0.29) is 36.5 Å². The Balaban J connectivity index is 0.915. The molecule has 0 radical (unpaired) electrons. The molecule has 6 rings (SSSR count). The summed E-state index contributed by atoms with van der Waals surface area (Å²) >= 11 is 2.53. The molecule has 4 aromatic carbocycles. The highest BCUT2D eigenvalue weighted by atomic mass is 32.2. The van der Waals surface area contributed by atoms with E-state index in [1.54, 1.807) is 24.3 Å². The monoisotopic (exact) mass is 736 g/mol. The minimum absolute atomic E-state index is 0.194. The maximum absolute atomic E-state index is 12.6. The molecule has 0 saturated carbocycles. The zero-order chi connectivity index (χ0) is 36.5. The number of carbonyl (C=O) groups excluding carboxylic acids is 4. The van der Waals surface area contributed by atoms with Crippen LogP contribution in [0.15, 0.2) is 107 Å². The van der Waals surface area contributed by atoms with Gasteiger partial charge in [-0.15, -0.1) is 0 Å². The van der Waals surface area contributed by atoms with Crippen LogP contribution in [0.25, 0.3) is 0 Å². The highest BCUT2D eigenvalue weighted by molar-refractivity contribution is 8.15. The van der Waals surface area contributed by atoms with Crippen molar-refractivity contribution < 1.29 is 28.7 Å². The van der Waals surface area contributed by atoms with Gasteiger partial charge in [-0.3, -0.25) is 30.0 Å². The third-order valence-electron chi connectivity index (χ3n) is 7.81. The van der Waals surface area contributed by atoms with Gasteiger partial charge in [0.15, 0.2) is 23.5 Å². The van der Waals surface area contributed by atoms with Gasteiger partial charge in [0.25, 0.3) is 23.6 Å². The number of ether oxygens (including phenoxy) is 2. The summed E-state index contributed by atoms with van der Waals surface area (Å²) in [7, 11) is 0. The summed E-state index contributed by atoms with van der Waals surface area (Å²) in [6.45, 7) is 3.44. The van der Waals surface area contributed by atoms with E-state index in [2.05, 4.69) is 20.8 Å². The fourth-order valence-corrected chi connectivity index (χ4v) is 6.63. The van der Waals surface area contributed by atoms with Crippen LogP contribution in [-0.2, 0) is 32.0 Å². The van der Waals surface area contributed by atoms with Gasteiger partial charge >= 0.3 is 0 Å². The van der Waals surface area contributed by atoms with Crippen molar-refractivity contribution in [1.82, 2.24) is 20.9 Å². The van der Waals surface area contributed by atoms with Gasteiger partial charge in [-0.1, -0.05) is 83.2 Å². The molecule has 12 nitrogen and oxygen atoms in total. The Morgan fingerprint density at radius 1 is 0.596 bits per heavy atom. The lowest BCUT2D eigenvalue weighted by molar-refractivity contribution is -0.135. The minimum atomic E-state index is -0.470. The summed E-state index contributed by atoms with van der Waals surface area (Å²) in [5.74, 6) is -0.00303. The lowest BCUT2D eigenvalue weighted by Gasteiger charge is -2.17. The second-order valence-electron chi connectivity index (χ2n) is 11.9. The van der Waals surface area contributed by atoms with Crippen LogP contribution in [0.1, 0.15) is 22.3 Å². The Labute approximate surface area is 309 Å². The molecule has 0 unspecified atom stereocenters. The smallest absolute Gasteiger partial charge is 0.276 e. The van der Waals surface area contributed by atoms with Crippen molar-refractivity contribution in [2.24, 2.45) is 9.98 Å². The van der Waals surface area contributed by atoms with E-state index in [0.29, 0.717) is 33.2 Å². The zero-order valence-corrected chi connectivity index (χ0v) is 30.2. The number of hydrogen-bond acceptors (Lipinski definition) is 10. The van der Waals surface area contributed by atoms with Crippen molar-refractivity contribution in [1.29, 1.82) is 0 Å². The number of amidine groups is 2. The Hall–Kier alpha value is -5.60. The highest BCUT2D eigenvalue weighted by Gasteiger charge is 2.31. The van der Waals surface area contributed by atoms with E-state index in [1.165, 1.54) is 33.5 Å². The molecule has 2 saturated heterocycles. The Morgan fingerprint density at radius 2 is 0.962 bits per heavy atom.